The zero-order valence-electron chi connectivity index (χ0n) is 15.9. The van der Waals surface area contributed by atoms with Crippen molar-refractivity contribution in [2.75, 3.05) is 36.0 Å². The summed E-state index contributed by atoms with van der Waals surface area (Å²) in [4.78, 5) is 24.9. The molecule has 4 heterocycles. The number of fused-ring (bicyclic) bond motifs is 1. The molecule has 1 N–H and O–H groups in total. The monoisotopic (exact) mass is 379 g/mol. The second kappa shape index (κ2) is 7.39. The van der Waals surface area contributed by atoms with Gasteiger partial charge in [0.1, 0.15) is 18.2 Å². The fourth-order valence-electron chi connectivity index (χ4n) is 4.34. The van der Waals surface area contributed by atoms with Crippen LogP contribution in [0.15, 0.2) is 30.6 Å². The Hall–Kier alpha value is -2.67. The van der Waals surface area contributed by atoms with Gasteiger partial charge in [-0.1, -0.05) is 0 Å². The molecule has 5 rings (SSSR count). The highest BCUT2D eigenvalue weighted by molar-refractivity contribution is 5.95. The van der Waals surface area contributed by atoms with E-state index in [1.807, 2.05) is 17.0 Å². The maximum absolute atomic E-state index is 12.0. The van der Waals surface area contributed by atoms with Crippen LogP contribution in [0.4, 0.5) is 17.2 Å². The van der Waals surface area contributed by atoms with Gasteiger partial charge in [0.15, 0.2) is 0 Å². The van der Waals surface area contributed by atoms with Crippen molar-refractivity contribution in [3.05, 3.63) is 36.2 Å². The number of aromatic nitrogens is 2. The Labute approximate surface area is 164 Å². The van der Waals surface area contributed by atoms with Crippen molar-refractivity contribution in [1.82, 2.24) is 15.3 Å². The maximum atomic E-state index is 12.0. The Balaban J connectivity index is 1.36. The van der Waals surface area contributed by atoms with Crippen LogP contribution in [0.25, 0.3) is 0 Å². The molecule has 7 nitrogen and oxygen atoms in total. The number of rotatable bonds is 4. The fraction of sp³-hybridized carbons (Fsp3) is 0.476. The minimum absolute atomic E-state index is 0.218. The van der Waals surface area contributed by atoms with Crippen molar-refractivity contribution in [2.45, 2.75) is 38.2 Å². The number of ether oxygens (including phenoxy) is 1. The molecule has 1 aromatic carbocycles. The molecule has 0 saturated carbocycles. The smallest absolute Gasteiger partial charge is 0.227 e. The summed E-state index contributed by atoms with van der Waals surface area (Å²) in [5.74, 6) is 1.73. The topological polar surface area (TPSA) is 70.6 Å². The summed E-state index contributed by atoms with van der Waals surface area (Å²) >= 11 is 0. The summed E-state index contributed by atoms with van der Waals surface area (Å²) in [6.45, 7) is 3.68. The van der Waals surface area contributed by atoms with Gasteiger partial charge in [-0.3, -0.25) is 4.79 Å². The van der Waals surface area contributed by atoms with Gasteiger partial charge >= 0.3 is 0 Å². The lowest BCUT2D eigenvalue weighted by atomic mass is 10.1. The Bertz CT molecular complexity index is 881. The predicted molar refractivity (Wildman–Crippen MR) is 107 cm³/mol. The lowest BCUT2D eigenvalue weighted by Crippen LogP contribution is -2.34. The average Bonchev–Trinajstić information content (AvgIpc) is 3.34. The molecule has 0 aliphatic carbocycles. The van der Waals surface area contributed by atoms with Crippen LogP contribution in [0.1, 0.15) is 31.2 Å². The van der Waals surface area contributed by atoms with Crippen LogP contribution in [0.3, 0.4) is 0 Å². The van der Waals surface area contributed by atoms with Gasteiger partial charge < -0.3 is 19.9 Å². The summed E-state index contributed by atoms with van der Waals surface area (Å²) in [6.07, 6.45) is 6.36. The lowest BCUT2D eigenvalue weighted by Gasteiger charge is -2.24. The maximum Gasteiger partial charge on any atom is 0.227 e. The molecular weight excluding hydrogens is 354 g/mol. The van der Waals surface area contributed by atoms with Crippen molar-refractivity contribution >= 4 is 23.1 Å². The van der Waals surface area contributed by atoms with Crippen LogP contribution < -0.4 is 19.9 Å². The van der Waals surface area contributed by atoms with E-state index in [9.17, 15) is 4.79 Å². The number of amides is 1. The Morgan fingerprint density at radius 2 is 1.93 bits per heavy atom. The second-order valence-corrected chi connectivity index (χ2v) is 7.65. The largest absolute Gasteiger partial charge is 0.474 e. The van der Waals surface area contributed by atoms with Gasteiger partial charge in [0.2, 0.25) is 11.8 Å². The van der Waals surface area contributed by atoms with E-state index in [-0.39, 0.29) is 12.0 Å². The van der Waals surface area contributed by atoms with Crippen LogP contribution in [0.2, 0.25) is 0 Å². The highest BCUT2D eigenvalue weighted by atomic mass is 16.5. The first-order valence-corrected chi connectivity index (χ1v) is 10.2. The summed E-state index contributed by atoms with van der Waals surface area (Å²) in [6, 6.07) is 8.26. The van der Waals surface area contributed by atoms with Gasteiger partial charge in [0, 0.05) is 37.0 Å². The molecule has 7 heteroatoms. The van der Waals surface area contributed by atoms with Crippen LogP contribution in [-0.2, 0) is 11.2 Å². The molecule has 0 unspecified atom stereocenters. The number of nitrogens with zero attached hydrogens (tertiary/aromatic N) is 4. The third kappa shape index (κ3) is 3.30. The van der Waals surface area contributed by atoms with Gasteiger partial charge in [-0.25, -0.2) is 9.97 Å². The van der Waals surface area contributed by atoms with Crippen molar-refractivity contribution < 1.29 is 9.53 Å². The van der Waals surface area contributed by atoms with E-state index in [4.69, 9.17) is 4.74 Å². The SMILES string of the molecule is O=C1CCCN1c1ccc2c(c1)CCN2c1cc(OC2CCNCC2)ncn1. The third-order valence-electron chi connectivity index (χ3n) is 5.82. The number of carbonyl (C=O) groups is 1. The van der Waals surface area contributed by atoms with E-state index in [1.54, 1.807) is 6.33 Å². The molecule has 3 aliphatic rings. The van der Waals surface area contributed by atoms with Crippen molar-refractivity contribution in [2.24, 2.45) is 0 Å². The molecule has 0 radical (unpaired) electrons. The van der Waals surface area contributed by atoms with E-state index in [0.29, 0.717) is 12.3 Å². The Morgan fingerprint density at radius 3 is 2.75 bits per heavy atom. The van der Waals surface area contributed by atoms with E-state index < -0.39 is 0 Å². The number of hydrogen-bond donors (Lipinski definition) is 1. The van der Waals surface area contributed by atoms with Gasteiger partial charge in [-0.05, 0) is 62.5 Å². The Kier molecular flexibility index (Phi) is 4.60. The van der Waals surface area contributed by atoms with Gasteiger partial charge in [0.05, 0.1) is 0 Å². The molecule has 1 aromatic heterocycles. The van der Waals surface area contributed by atoms with E-state index in [1.165, 1.54) is 5.56 Å². The van der Waals surface area contributed by atoms with Crippen molar-refractivity contribution in [1.29, 1.82) is 0 Å². The molecule has 1 amide bonds. The minimum Gasteiger partial charge on any atom is -0.474 e. The standard InChI is InChI=1S/C21H25N5O2/c27-21-2-1-10-25(21)16-3-4-18-15(12-16)7-11-26(18)19-13-20(24-14-23-19)28-17-5-8-22-9-6-17/h3-4,12-14,17,22H,1-2,5-11H2. The van der Waals surface area contributed by atoms with Gasteiger partial charge in [-0.15, -0.1) is 0 Å². The first-order chi connectivity index (χ1) is 13.8. The minimum atomic E-state index is 0.218. The van der Waals surface area contributed by atoms with E-state index in [2.05, 4.69) is 32.3 Å². The fourth-order valence-corrected chi connectivity index (χ4v) is 4.34. The second-order valence-electron chi connectivity index (χ2n) is 7.65. The molecule has 0 spiro atoms. The molecule has 2 saturated heterocycles. The molecule has 0 bridgehead atoms. The lowest BCUT2D eigenvalue weighted by molar-refractivity contribution is -0.117. The molecule has 146 valence electrons. The zero-order valence-corrected chi connectivity index (χ0v) is 15.9. The van der Waals surface area contributed by atoms with Crippen LogP contribution in [0.5, 0.6) is 5.88 Å². The number of benzene rings is 1. The summed E-state index contributed by atoms with van der Waals surface area (Å²) in [5, 5.41) is 3.35. The normalized spacial score (nSPS) is 19.9. The van der Waals surface area contributed by atoms with Crippen LogP contribution in [-0.4, -0.2) is 48.2 Å². The molecule has 3 aliphatic heterocycles. The van der Waals surface area contributed by atoms with Crippen LogP contribution in [0, 0.1) is 0 Å². The number of piperidine rings is 1. The summed E-state index contributed by atoms with van der Waals surface area (Å²) in [5.41, 5.74) is 3.43. The molecule has 2 fully saturated rings. The first kappa shape index (κ1) is 17.4. The van der Waals surface area contributed by atoms with E-state index >= 15 is 0 Å². The molecule has 28 heavy (non-hydrogen) atoms. The summed E-state index contributed by atoms with van der Waals surface area (Å²) < 4.78 is 6.08. The number of carbonyl (C=O) groups excluding carboxylic acids is 1. The highest BCUT2D eigenvalue weighted by Crippen LogP contribution is 2.37. The molecular formula is C21H25N5O2. The average molecular weight is 379 g/mol. The molecule has 2 aromatic rings. The third-order valence-corrected chi connectivity index (χ3v) is 5.82. The number of nitrogens with one attached hydrogen (secondary N) is 1. The van der Waals surface area contributed by atoms with Crippen LogP contribution >= 0.6 is 0 Å². The van der Waals surface area contributed by atoms with Crippen molar-refractivity contribution in [3.63, 3.8) is 0 Å². The zero-order chi connectivity index (χ0) is 18.9. The number of anilines is 3. The van der Waals surface area contributed by atoms with E-state index in [0.717, 1.165) is 69.1 Å². The highest BCUT2D eigenvalue weighted by Gasteiger charge is 2.26. The van der Waals surface area contributed by atoms with Gasteiger partial charge in [0.25, 0.3) is 0 Å². The van der Waals surface area contributed by atoms with Crippen molar-refractivity contribution in [3.8, 4) is 5.88 Å². The number of hydrogen-bond acceptors (Lipinski definition) is 6. The molecule has 0 atom stereocenters. The van der Waals surface area contributed by atoms with Gasteiger partial charge in [-0.2, -0.15) is 0 Å². The summed E-state index contributed by atoms with van der Waals surface area (Å²) in [7, 11) is 0. The predicted octanol–water partition coefficient (Wildman–Crippen LogP) is 2.43. The Morgan fingerprint density at radius 1 is 1.04 bits per heavy atom. The first-order valence-electron chi connectivity index (χ1n) is 10.2. The quantitative estimate of drug-likeness (QED) is 0.880.